The van der Waals surface area contributed by atoms with Gasteiger partial charge in [-0.05, 0) is 49.9 Å². The SMILES string of the molecule is Cc1ccccc1Oc1cncc([C@H]2CCCN(C(=O)c3ccccc3Cn3ccnc3C)C2)n1. The van der Waals surface area contributed by atoms with E-state index in [-0.39, 0.29) is 11.8 Å². The maximum absolute atomic E-state index is 13.6. The van der Waals surface area contributed by atoms with Crippen LogP contribution in [0.3, 0.4) is 0 Å². The van der Waals surface area contributed by atoms with Gasteiger partial charge in [0.2, 0.25) is 5.88 Å². The zero-order chi connectivity index (χ0) is 24.2. The molecule has 5 rings (SSSR count). The Hall–Kier alpha value is -4.00. The number of amides is 1. The van der Waals surface area contributed by atoms with Crippen LogP contribution in [0.4, 0.5) is 0 Å². The molecule has 3 heterocycles. The van der Waals surface area contributed by atoms with E-state index in [0.29, 0.717) is 19.0 Å². The topological polar surface area (TPSA) is 73.1 Å². The van der Waals surface area contributed by atoms with E-state index in [9.17, 15) is 4.79 Å². The third kappa shape index (κ3) is 5.09. The number of hydrogen-bond acceptors (Lipinski definition) is 5. The molecule has 7 nitrogen and oxygen atoms in total. The van der Waals surface area contributed by atoms with Crippen molar-refractivity contribution >= 4 is 5.91 Å². The van der Waals surface area contributed by atoms with Crippen LogP contribution in [0.5, 0.6) is 11.6 Å². The lowest BCUT2D eigenvalue weighted by atomic mass is 9.94. The van der Waals surface area contributed by atoms with Crippen molar-refractivity contribution in [2.75, 3.05) is 13.1 Å². The minimum absolute atomic E-state index is 0.0587. The Kier molecular flexibility index (Phi) is 6.57. The van der Waals surface area contributed by atoms with Crippen molar-refractivity contribution in [3.05, 3.63) is 102 Å². The Bertz CT molecular complexity index is 1330. The molecule has 4 aromatic rings. The largest absolute Gasteiger partial charge is 0.437 e. The van der Waals surface area contributed by atoms with Crippen LogP contribution in [0.15, 0.2) is 73.3 Å². The molecule has 0 aliphatic carbocycles. The molecule has 35 heavy (non-hydrogen) atoms. The number of carbonyl (C=O) groups is 1. The summed E-state index contributed by atoms with van der Waals surface area (Å²) >= 11 is 0. The van der Waals surface area contributed by atoms with Crippen molar-refractivity contribution in [3.63, 3.8) is 0 Å². The van der Waals surface area contributed by atoms with E-state index < -0.39 is 0 Å². The van der Waals surface area contributed by atoms with Gasteiger partial charge < -0.3 is 14.2 Å². The predicted octanol–water partition coefficient (Wildman–Crippen LogP) is 5.15. The fourth-order valence-electron chi connectivity index (χ4n) is 4.59. The Morgan fingerprint density at radius 1 is 1.09 bits per heavy atom. The summed E-state index contributed by atoms with van der Waals surface area (Å²) in [6.45, 7) is 5.94. The lowest BCUT2D eigenvalue weighted by Gasteiger charge is -2.33. The summed E-state index contributed by atoms with van der Waals surface area (Å²) in [6.07, 6.45) is 9.03. The van der Waals surface area contributed by atoms with Gasteiger partial charge in [0.25, 0.3) is 5.91 Å². The number of para-hydroxylation sites is 1. The molecule has 1 aliphatic heterocycles. The quantitative estimate of drug-likeness (QED) is 0.392. The second-order valence-corrected chi connectivity index (χ2v) is 9.00. The van der Waals surface area contributed by atoms with Gasteiger partial charge >= 0.3 is 0 Å². The van der Waals surface area contributed by atoms with Crippen LogP contribution in [-0.2, 0) is 6.54 Å². The Balaban J connectivity index is 1.32. The number of hydrogen-bond donors (Lipinski definition) is 0. The molecular formula is C28H29N5O2. The van der Waals surface area contributed by atoms with Crippen LogP contribution in [0.1, 0.15) is 51.8 Å². The van der Waals surface area contributed by atoms with Gasteiger partial charge in [0.05, 0.1) is 11.9 Å². The first-order valence-electron chi connectivity index (χ1n) is 12.0. The highest BCUT2D eigenvalue weighted by Crippen LogP contribution is 2.29. The summed E-state index contributed by atoms with van der Waals surface area (Å²) in [4.78, 5) is 29.0. The second kappa shape index (κ2) is 10.1. The summed E-state index contributed by atoms with van der Waals surface area (Å²) in [5.41, 5.74) is 3.63. The molecule has 0 saturated carbocycles. The predicted molar refractivity (Wildman–Crippen MR) is 134 cm³/mol. The van der Waals surface area contributed by atoms with Gasteiger partial charge in [0, 0.05) is 49.7 Å². The lowest BCUT2D eigenvalue weighted by molar-refractivity contribution is 0.0704. The molecule has 1 saturated heterocycles. The third-order valence-electron chi connectivity index (χ3n) is 6.58. The fraction of sp³-hybridized carbons (Fsp3) is 0.286. The average molecular weight is 468 g/mol. The summed E-state index contributed by atoms with van der Waals surface area (Å²) in [7, 11) is 0. The van der Waals surface area contributed by atoms with Crippen LogP contribution in [0.25, 0.3) is 0 Å². The van der Waals surface area contributed by atoms with E-state index in [1.54, 1.807) is 18.6 Å². The highest BCUT2D eigenvalue weighted by Gasteiger charge is 2.28. The Morgan fingerprint density at radius 2 is 1.91 bits per heavy atom. The van der Waals surface area contributed by atoms with Crippen molar-refractivity contribution in [3.8, 4) is 11.6 Å². The number of carbonyl (C=O) groups excluding carboxylic acids is 1. The van der Waals surface area contributed by atoms with E-state index in [4.69, 9.17) is 9.72 Å². The maximum atomic E-state index is 13.6. The highest BCUT2D eigenvalue weighted by atomic mass is 16.5. The van der Waals surface area contributed by atoms with E-state index in [2.05, 4.69) is 14.5 Å². The monoisotopic (exact) mass is 467 g/mol. The number of nitrogens with zero attached hydrogens (tertiary/aromatic N) is 5. The molecule has 0 N–H and O–H groups in total. The molecule has 2 aromatic carbocycles. The number of aromatic nitrogens is 4. The van der Waals surface area contributed by atoms with Crippen molar-refractivity contribution in [1.82, 2.24) is 24.4 Å². The van der Waals surface area contributed by atoms with Crippen LogP contribution < -0.4 is 4.74 Å². The van der Waals surface area contributed by atoms with Gasteiger partial charge in [-0.25, -0.2) is 9.97 Å². The zero-order valence-corrected chi connectivity index (χ0v) is 20.1. The number of aryl methyl sites for hydroxylation is 2. The normalized spacial score (nSPS) is 15.7. The molecule has 1 amide bonds. The number of imidazole rings is 1. The first-order chi connectivity index (χ1) is 17.1. The highest BCUT2D eigenvalue weighted by molar-refractivity contribution is 5.95. The van der Waals surface area contributed by atoms with Gasteiger partial charge in [0.1, 0.15) is 11.6 Å². The summed E-state index contributed by atoms with van der Waals surface area (Å²) in [6, 6.07) is 15.7. The van der Waals surface area contributed by atoms with Crippen molar-refractivity contribution in [2.45, 2.75) is 39.2 Å². The van der Waals surface area contributed by atoms with E-state index >= 15 is 0 Å². The number of likely N-dealkylation sites (tertiary alicyclic amines) is 1. The Morgan fingerprint density at radius 3 is 2.74 bits per heavy atom. The van der Waals surface area contributed by atoms with E-state index in [1.165, 1.54) is 0 Å². The minimum Gasteiger partial charge on any atom is -0.437 e. The standard InChI is InChI=1S/C28H29N5O2/c1-20-8-3-6-12-26(20)35-27-17-29-16-25(31-27)23-10-7-14-33(19-23)28(34)24-11-5-4-9-22(24)18-32-15-13-30-21(32)2/h3-6,8-9,11-13,15-17,23H,7,10,14,18-19H2,1-2H3/t23-/m0/s1. The fourth-order valence-corrected chi connectivity index (χ4v) is 4.59. The molecule has 1 atom stereocenters. The molecule has 0 radical (unpaired) electrons. The Labute approximate surface area is 205 Å². The number of rotatable bonds is 6. The number of piperidine rings is 1. The molecule has 0 spiro atoms. The molecule has 0 bridgehead atoms. The smallest absolute Gasteiger partial charge is 0.254 e. The maximum Gasteiger partial charge on any atom is 0.254 e. The first-order valence-corrected chi connectivity index (χ1v) is 12.0. The van der Waals surface area contributed by atoms with E-state index in [1.807, 2.05) is 73.5 Å². The molecule has 0 unspecified atom stereocenters. The summed E-state index contributed by atoms with van der Waals surface area (Å²) < 4.78 is 8.05. The molecule has 1 aliphatic rings. The van der Waals surface area contributed by atoms with Gasteiger partial charge in [-0.2, -0.15) is 0 Å². The average Bonchev–Trinajstić information content (AvgIpc) is 3.30. The molecule has 178 valence electrons. The summed E-state index contributed by atoms with van der Waals surface area (Å²) in [5, 5.41) is 0. The van der Waals surface area contributed by atoms with Crippen molar-refractivity contribution in [2.24, 2.45) is 0 Å². The molecular weight excluding hydrogens is 438 g/mol. The van der Waals surface area contributed by atoms with Gasteiger partial charge in [0.15, 0.2) is 0 Å². The zero-order valence-electron chi connectivity index (χ0n) is 20.1. The van der Waals surface area contributed by atoms with E-state index in [0.717, 1.165) is 53.3 Å². The van der Waals surface area contributed by atoms with Crippen LogP contribution in [-0.4, -0.2) is 43.4 Å². The van der Waals surface area contributed by atoms with Gasteiger partial charge in [-0.1, -0.05) is 36.4 Å². The first kappa shape index (κ1) is 22.8. The van der Waals surface area contributed by atoms with Gasteiger partial charge in [-0.15, -0.1) is 0 Å². The van der Waals surface area contributed by atoms with Gasteiger partial charge in [-0.3, -0.25) is 9.78 Å². The number of ether oxygens (including phenoxy) is 1. The van der Waals surface area contributed by atoms with Crippen LogP contribution in [0.2, 0.25) is 0 Å². The molecule has 1 fully saturated rings. The minimum atomic E-state index is 0.0587. The lowest BCUT2D eigenvalue weighted by Crippen LogP contribution is -2.39. The third-order valence-corrected chi connectivity index (χ3v) is 6.58. The second-order valence-electron chi connectivity index (χ2n) is 9.00. The van der Waals surface area contributed by atoms with Crippen LogP contribution in [0, 0.1) is 13.8 Å². The summed E-state index contributed by atoms with van der Waals surface area (Å²) in [5.74, 6) is 2.34. The van der Waals surface area contributed by atoms with Crippen molar-refractivity contribution in [1.29, 1.82) is 0 Å². The number of benzene rings is 2. The van der Waals surface area contributed by atoms with Crippen molar-refractivity contribution < 1.29 is 9.53 Å². The molecule has 2 aromatic heterocycles. The van der Waals surface area contributed by atoms with Crippen LogP contribution >= 0.6 is 0 Å². The molecule has 7 heteroatoms.